The molecule has 1 aromatic rings. The second kappa shape index (κ2) is 8.09. The van der Waals surface area contributed by atoms with E-state index in [1.54, 1.807) is 0 Å². The Morgan fingerprint density at radius 1 is 1.38 bits per heavy atom. The zero-order valence-corrected chi connectivity index (χ0v) is 15.4. The van der Waals surface area contributed by atoms with Gasteiger partial charge in [0.1, 0.15) is 0 Å². The summed E-state index contributed by atoms with van der Waals surface area (Å²) in [6, 6.07) is 5.82. The number of hydrogen-bond acceptors (Lipinski definition) is 4. The summed E-state index contributed by atoms with van der Waals surface area (Å²) in [5.74, 6) is 0.114. The highest BCUT2D eigenvalue weighted by molar-refractivity contribution is 7.89. The average molecular weight is 372 g/mol. The van der Waals surface area contributed by atoms with Gasteiger partial charge >= 0.3 is 0 Å². The molecule has 132 valence electrons. The Bertz CT molecular complexity index is 717. The summed E-state index contributed by atoms with van der Waals surface area (Å²) in [5, 5.41) is 4.58. The SMILES string of the molecule is C[C@H]1CCC/C(=N/NC(=O)CN(C)S(=O)(=O)c2ccc(Cl)cc2)C1. The lowest BCUT2D eigenvalue weighted by Gasteiger charge is -2.19. The van der Waals surface area contributed by atoms with E-state index in [1.807, 2.05) is 0 Å². The molecule has 0 bridgehead atoms. The molecule has 1 fully saturated rings. The minimum atomic E-state index is -3.74. The number of carbonyl (C=O) groups is 1. The molecule has 24 heavy (non-hydrogen) atoms. The topological polar surface area (TPSA) is 78.8 Å². The van der Waals surface area contributed by atoms with Gasteiger partial charge in [-0.3, -0.25) is 4.79 Å². The predicted octanol–water partition coefficient (Wildman–Crippen LogP) is 2.64. The van der Waals surface area contributed by atoms with Gasteiger partial charge in [0.15, 0.2) is 0 Å². The van der Waals surface area contributed by atoms with Crippen LogP contribution in [0.4, 0.5) is 0 Å². The van der Waals surface area contributed by atoms with Crippen LogP contribution >= 0.6 is 11.6 Å². The van der Waals surface area contributed by atoms with Gasteiger partial charge in [0.2, 0.25) is 10.0 Å². The van der Waals surface area contributed by atoms with Gasteiger partial charge in [-0.25, -0.2) is 13.8 Å². The largest absolute Gasteiger partial charge is 0.272 e. The van der Waals surface area contributed by atoms with E-state index >= 15 is 0 Å². The van der Waals surface area contributed by atoms with Crippen molar-refractivity contribution in [3.05, 3.63) is 29.3 Å². The van der Waals surface area contributed by atoms with Crippen LogP contribution in [0, 0.1) is 5.92 Å². The highest BCUT2D eigenvalue weighted by Crippen LogP contribution is 2.21. The van der Waals surface area contributed by atoms with Crippen LogP contribution in [-0.4, -0.2) is 37.9 Å². The van der Waals surface area contributed by atoms with E-state index in [0.717, 1.165) is 29.3 Å². The molecule has 0 saturated heterocycles. The van der Waals surface area contributed by atoms with Crippen LogP contribution < -0.4 is 5.43 Å². The number of amides is 1. The fourth-order valence-corrected chi connectivity index (χ4v) is 3.87. The first kappa shape index (κ1) is 18.9. The first-order valence-electron chi connectivity index (χ1n) is 7.85. The molecule has 6 nitrogen and oxygen atoms in total. The van der Waals surface area contributed by atoms with Gasteiger partial charge in [0.25, 0.3) is 5.91 Å². The molecule has 0 spiro atoms. The number of hydrazone groups is 1. The maximum absolute atomic E-state index is 12.4. The minimum Gasteiger partial charge on any atom is -0.272 e. The highest BCUT2D eigenvalue weighted by Gasteiger charge is 2.23. The zero-order chi connectivity index (χ0) is 17.7. The van der Waals surface area contributed by atoms with Gasteiger partial charge in [-0.2, -0.15) is 9.41 Å². The van der Waals surface area contributed by atoms with E-state index in [9.17, 15) is 13.2 Å². The standard InChI is InChI=1S/C16H22ClN3O3S/c1-12-4-3-5-14(10-12)18-19-16(21)11-20(2)24(22,23)15-8-6-13(17)7-9-15/h6-9,12H,3-5,10-11H2,1-2H3,(H,19,21)/b18-14-/t12-/m0/s1. The van der Waals surface area contributed by atoms with Crippen LogP contribution in [0.15, 0.2) is 34.3 Å². The number of sulfonamides is 1. The molecule has 1 aromatic carbocycles. The van der Waals surface area contributed by atoms with Gasteiger partial charge in [-0.05, 0) is 55.9 Å². The summed E-state index contributed by atoms with van der Waals surface area (Å²) in [6.07, 6.45) is 4.00. The van der Waals surface area contributed by atoms with Gasteiger partial charge in [0.05, 0.1) is 11.4 Å². The lowest BCUT2D eigenvalue weighted by Crippen LogP contribution is -2.37. The average Bonchev–Trinajstić information content (AvgIpc) is 2.53. The number of hydrogen-bond donors (Lipinski definition) is 1. The summed E-state index contributed by atoms with van der Waals surface area (Å²) < 4.78 is 25.8. The Labute approximate surface area is 147 Å². The second-order valence-electron chi connectivity index (χ2n) is 6.13. The van der Waals surface area contributed by atoms with Crippen molar-refractivity contribution in [2.75, 3.05) is 13.6 Å². The van der Waals surface area contributed by atoms with Crippen LogP contribution in [0.2, 0.25) is 5.02 Å². The van der Waals surface area contributed by atoms with Crippen LogP contribution in [-0.2, 0) is 14.8 Å². The maximum Gasteiger partial charge on any atom is 0.255 e. The number of rotatable bonds is 5. The normalized spacial score (nSPS) is 20.3. The number of halogens is 1. The van der Waals surface area contributed by atoms with Gasteiger partial charge < -0.3 is 0 Å². The van der Waals surface area contributed by atoms with E-state index in [1.165, 1.54) is 37.7 Å². The van der Waals surface area contributed by atoms with Crippen LogP contribution in [0.1, 0.15) is 32.6 Å². The van der Waals surface area contributed by atoms with Crippen molar-refractivity contribution >= 4 is 33.2 Å². The summed E-state index contributed by atoms with van der Waals surface area (Å²) in [4.78, 5) is 12.1. The number of carbonyl (C=O) groups excluding carboxylic acids is 1. The number of nitrogens with zero attached hydrogens (tertiary/aromatic N) is 2. The molecule has 1 amide bonds. The van der Waals surface area contributed by atoms with E-state index in [4.69, 9.17) is 11.6 Å². The fraction of sp³-hybridized carbons (Fsp3) is 0.500. The number of benzene rings is 1. The van der Waals surface area contributed by atoms with Crippen molar-refractivity contribution in [2.24, 2.45) is 11.0 Å². The Morgan fingerprint density at radius 3 is 2.67 bits per heavy atom. The summed E-state index contributed by atoms with van der Waals surface area (Å²) >= 11 is 5.76. The van der Waals surface area contributed by atoms with Crippen molar-refractivity contribution in [3.8, 4) is 0 Å². The minimum absolute atomic E-state index is 0.0922. The maximum atomic E-state index is 12.4. The second-order valence-corrected chi connectivity index (χ2v) is 8.61. The highest BCUT2D eigenvalue weighted by atomic mass is 35.5. The first-order valence-corrected chi connectivity index (χ1v) is 9.67. The quantitative estimate of drug-likeness (QED) is 0.808. The van der Waals surface area contributed by atoms with Crippen molar-refractivity contribution in [2.45, 2.75) is 37.5 Å². The van der Waals surface area contributed by atoms with Gasteiger partial charge in [0, 0.05) is 17.8 Å². The zero-order valence-electron chi connectivity index (χ0n) is 13.8. The number of nitrogens with one attached hydrogen (secondary N) is 1. The van der Waals surface area contributed by atoms with E-state index in [0.29, 0.717) is 10.9 Å². The smallest absolute Gasteiger partial charge is 0.255 e. The molecule has 0 aromatic heterocycles. The Kier molecular flexibility index (Phi) is 6.37. The Hall–Kier alpha value is -1.44. The van der Waals surface area contributed by atoms with Crippen molar-refractivity contribution < 1.29 is 13.2 Å². The molecule has 2 rings (SSSR count). The van der Waals surface area contributed by atoms with Crippen molar-refractivity contribution in [3.63, 3.8) is 0 Å². The Balaban J connectivity index is 1.95. The molecule has 0 heterocycles. The predicted molar refractivity (Wildman–Crippen MR) is 94.5 cm³/mol. The molecule has 0 radical (unpaired) electrons. The van der Waals surface area contributed by atoms with E-state index in [2.05, 4.69) is 17.5 Å². The molecule has 1 N–H and O–H groups in total. The van der Waals surface area contributed by atoms with Crippen molar-refractivity contribution in [1.82, 2.24) is 9.73 Å². The van der Waals surface area contributed by atoms with Crippen molar-refractivity contribution in [1.29, 1.82) is 0 Å². The summed E-state index contributed by atoms with van der Waals surface area (Å²) in [6.45, 7) is 1.86. The molecular weight excluding hydrogens is 350 g/mol. The van der Waals surface area contributed by atoms with Crippen LogP contribution in [0.5, 0.6) is 0 Å². The molecule has 0 aliphatic heterocycles. The fourth-order valence-electron chi connectivity index (χ4n) is 2.61. The molecular formula is C16H22ClN3O3S. The molecule has 1 saturated carbocycles. The lowest BCUT2D eigenvalue weighted by molar-refractivity contribution is -0.121. The Morgan fingerprint density at radius 2 is 2.04 bits per heavy atom. The first-order chi connectivity index (χ1) is 11.3. The van der Waals surface area contributed by atoms with E-state index < -0.39 is 15.9 Å². The molecule has 1 atom stereocenters. The lowest BCUT2D eigenvalue weighted by atomic mass is 9.89. The van der Waals surface area contributed by atoms with Gasteiger partial charge in [-0.15, -0.1) is 0 Å². The summed E-state index contributed by atoms with van der Waals surface area (Å²) in [7, 11) is -2.38. The third-order valence-electron chi connectivity index (χ3n) is 3.97. The summed E-state index contributed by atoms with van der Waals surface area (Å²) in [5.41, 5.74) is 3.42. The molecule has 1 aliphatic carbocycles. The number of likely N-dealkylation sites (N-methyl/N-ethyl adjacent to an activating group) is 1. The molecule has 0 unspecified atom stereocenters. The third-order valence-corrected chi connectivity index (χ3v) is 6.04. The monoisotopic (exact) mass is 371 g/mol. The molecule has 1 aliphatic rings. The van der Waals surface area contributed by atoms with Gasteiger partial charge in [-0.1, -0.05) is 18.5 Å². The van der Waals surface area contributed by atoms with Crippen LogP contribution in [0.25, 0.3) is 0 Å². The van der Waals surface area contributed by atoms with Crippen LogP contribution in [0.3, 0.4) is 0 Å². The van der Waals surface area contributed by atoms with E-state index in [-0.39, 0.29) is 11.4 Å². The third kappa shape index (κ3) is 5.03. The molecule has 8 heteroatoms.